The van der Waals surface area contributed by atoms with E-state index in [2.05, 4.69) is 16.9 Å². The molecular weight excluding hydrogens is 268 g/mol. The summed E-state index contributed by atoms with van der Waals surface area (Å²) in [5.41, 5.74) is 1.02. The molecule has 0 atom stereocenters. The van der Waals surface area contributed by atoms with Crippen molar-refractivity contribution in [3.05, 3.63) is 36.5 Å². The van der Waals surface area contributed by atoms with E-state index in [4.69, 9.17) is 14.2 Å². The van der Waals surface area contributed by atoms with Gasteiger partial charge in [0.1, 0.15) is 5.82 Å². The van der Waals surface area contributed by atoms with Crippen molar-refractivity contribution in [3.63, 3.8) is 0 Å². The van der Waals surface area contributed by atoms with Crippen molar-refractivity contribution in [3.8, 4) is 11.5 Å². The van der Waals surface area contributed by atoms with Crippen LogP contribution in [0.4, 0.5) is 5.82 Å². The monoisotopic (exact) mass is 286 g/mol. The predicted octanol–water partition coefficient (Wildman–Crippen LogP) is 2.97. The summed E-state index contributed by atoms with van der Waals surface area (Å²) in [5.74, 6) is 2.37. The molecule has 0 amide bonds. The van der Waals surface area contributed by atoms with Gasteiger partial charge >= 0.3 is 0 Å². The van der Waals surface area contributed by atoms with Gasteiger partial charge in [0.05, 0.1) is 13.2 Å². The van der Waals surface area contributed by atoms with Crippen LogP contribution in [0, 0.1) is 0 Å². The smallest absolute Gasteiger partial charge is 0.231 e. The second-order valence-corrected chi connectivity index (χ2v) is 5.02. The molecule has 0 saturated carbocycles. The lowest BCUT2D eigenvalue weighted by Gasteiger charge is -2.10. The number of nitrogens with one attached hydrogen (secondary N) is 1. The lowest BCUT2D eigenvalue weighted by Crippen LogP contribution is -2.11. The van der Waals surface area contributed by atoms with Gasteiger partial charge in [-0.05, 0) is 30.5 Å². The number of nitrogens with zero attached hydrogens (tertiary/aromatic N) is 1. The number of hydrogen-bond acceptors (Lipinski definition) is 5. The number of ether oxygens (including phenoxy) is 3. The maximum atomic E-state index is 5.47. The SMILES string of the molecule is C=C(C)COCCNc1nccc2cc3c(cc12)OCO3. The largest absolute Gasteiger partial charge is 0.454 e. The normalized spacial score (nSPS) is 12.6. The fraction of sp³-hybridized carbons (Fsp3) is 0.312. The van der Waals surface area contributed by atoms with Gasteiger partial charge in [-0.2, -0.15) is 0 Å². The predicted molar refractivity (Wildman–Crippen MR) is 82.0 cm³/mol. The molecule has 1 aliphatic rings. The van der Waals surface area contributed by atoms with E-state index in [9.17, 15) is 0 Å². The minimum absolute atomic E-state index is 0.274. The van der Waals surface area contributed by atoms with Crippen molar-refractivity contribution >= 4 is 16.6 Å². The Bertz CT molecular complexity index is 670. The Balaban J connectivity index is 1.72. The Hall–Kier alpha value is -2.27. The highest BCUT2D eigenvalue weighted by Crippen LogP contribution is 2.37. The highest BCUT2D eigenvalue weighted by molar-refractivity contribution is 5.94. The lowest BCUT2D eigenvalue weighted by molar-refractivity contribution is 0.167. The number of pyridine rings is 1. The zero-order chi connectivity index (χ0) is 14.7. The highest BCUT2D eigenvalue weighted by Gasteiger charge is 2.15. The van der Waals surface area contributed by atoms with Crippen LogP contribution in [0.1, 0.15) is 6.92 Å². The molecule has 3 rings (SSSR count). The number of benzene rings is 1. The third kappa shape index (κ3) is 3.08. The topological polar surface area (TPSA) is 52.6 Å². The van der Waals surface area contributed by atoms with Crippen LogP contribution in [0.25, 0.3) is 10.8 Å². The van der Waals surface area contributed by atoms with Crippen molar-refractivity contribution < 1.29 is 14.2 Å². The zero-order valence-corrected chi connectivity index (χ0v) is 12.0. The van der Waals surface area contributed by atoms with Gasteiger partial charge in [0.15, 0.2) is 11.5 Å². The average molecular weight is 286 g/mol. The maximum absolute atomic E-state index is 5.47. The summed E-state index contributed by atoms with van der Waals surface area (Å²) in [6, 6.07) is 5.89. The van der Waals surface area contributed by atoms with Gasteiger partial charge in [0, 0.05) is 18.1 Å². The molecule has 2 heterocycles. The second-order valence-electron chi connectivity index (χ2n) is 5.02. The quantitative estimate of drug-likeness (QED) is 0.653. The number of rotatable bonds is 6. The molecular formula is C16H18N2O3. The molecule has 1 aliphatic heterocycles. The lowest BCUT2D eigenvalue weighted by atomic mass is 10.1. The van der Waals surface area contributed by atoms with Crippen molar-refractivity contribution in [1.29, 1.82) is 0 Å². The van der Waals surface area contributed by atoms with Crippen LogP contribution >= 0.6 is 0 Å². The molecule has 110 valence electrons. The summed E-state index contributed by atoms with van der Waals surface area (Å²) in [7, 11) is 0. The Morgan fingerprint density at radius 2 is 2.19 bits per heavy atom. The first-order chi connectivity index (χ1) is 10.2. The van der Waals surface area contributed by atoms with Crippen LogP contribution in [-0.4, -0.2) is 31.5 Å². The maximum Gasteiger partial charge on any atom is 0.231 e. The third-order valence-electron chi connectivity index (χ3n) is 3.14. The van der Waals surface area contributed by atoms with Crippen molar-refractivity contribution in [2.75, 3.05) is 31.9 Å². The summed E-state index contributed by atoms with van der Waals surface area (Å²) < 4.78 is 16.3. The molecule has 1 aromatic carbocycles. The van der Waals surface area contributed by atoms with Gasteiger partial charge in [0.25, 0.3) is 0 Å². The van der Waals surface area contributed by atoms with E-state index in [1.165, 1.54) is 0 Å². The molecule has 0 spiro atoms. The van der Waals surface area contributed by atoms with E-state index in [1.54, 1.807) is 6.20 Å². The van der Waals surface area contributed by atoms with E-state index in [0.717, 1.165) is 33.7 Å². The van der Waals surface area contributed by atoms with E-state index >= 15 is 0 Å². The minimum Gasteiger partial charge on any atom is -0.454 e. The highest BCUT2D eigenvalue weighted by atomic mass is 16.7. The van der Waals surface area contributed by atoms with Crippen molar-refractivity contribution in [2.45, 2.75) is 6.92 Å². The Morgan fingerprint density at radius 3 is 3.00 bits per heavy atom. The van der Waals surface area contributed by atoms with Crippen LogP contribution in [-0.2, 0) is 4.74 Å². The van der Waals surface area contributed by atoms with Crippen molar-refractivity contribution in [1.82, 2.24) is 4.98 Å². The van der Waals surface area contributed by atoms with Gasteiger partial charge in [-0.1, -0.05) is 12.2 Å². The third-order valence-corrected chi connectivity index (χ3v) is 3.14. The number of anilines is 1. The first-order valence-corrected chi connectivity index (χ1v) is 6.88. The zero-order valence-electron chi connectivity index (χ0n) is 12.0. The molecule has 5 heteroatoms. The summed E-state index contributed by atoms with van der Waals surface area (Å²) in [6.45, 7) is 7.90. The molecule has 0 unspecified atom stereocenters. The molecule has 1 N–H and O–H groups in total. The Labute approximate surface area is 123 Å². The van der Waals surface area contributed by atoms with E-state index in [-0.39, 0.29) is 6.79 Å². The van der Waals surface area contributed by atoms with Crippen LogP contribution in [0.2, 0.25) is 0 Å². The van der Waals surface area contributed by atoms with E-state index in [1.807, 2.05) is 25.1 Å². The second kappa shape index (κ2) is 6.01. The van der Waals surface area contributed by atoms with Gasteiger partial charge in [-0.3, -0.25) is 0 Å². The molecule has 1 aromatic heterocycles. The van der Waals surface area contributed by atoms with Gasteiger partial charge in [-0.15, -0.1) is 0 Å². The molecule has 0 saturated heterocycles. The summed E-state index contributed by atoms with van der Waals surface area (Å²) >= 11 is 0. The first-order valence-electron chi connectivity index (χ1n) is 6.88. The fourth-order valence-electron chi connectivity index (χ4n) is 2.19. The van der Waals surface area contributed by atoms with Gasteiger partial charge < -0.3 is 19.5 Å². The minimum atomic E-state index is 0.274. The van der Waals surface area contributed by atoms with Crippen LogP contribution < -0.4 is 14.8 Å². The Morgan fingerprint density at radius 1 is 1.38 bits per heavy atom. The number of hydrogen-bond donors (Lipinski definition) is 1. The first kappa shape index (κ1) is 13.7. The molecule has 5 nitrogen and oxygen atoms in total. The standard InChI is InChI=1S/C16H18N2O3/c1-11(2)9-19-6-5-18-16-13-8-15-14(20-10-21-15)7-12(13)3-4-17-16/h3-4,7-8H,1,5-6,9-10H2,2H3,(H,17,18). The van der Waals surface area contributed by atoms with E-state index in [0.29, 0.717) is 19.8 Å². The van der Waals surface area contributed by atoms with Crippen LogP contribution in [0.3, 0.4) is 0 Å². The molecule has 0 radical (unpaired) electrons. The van der Waals surface area contributed by atoms with Crippen LogP contribution in [0.15, 0.2) is 36.5 Å². The van der Waals surface area contributed by atoms with Crippen LogP contribution in [0.5, 0.6) is 11.5 Å². The molecule has 2 aromatic rings. The summed E-state index contributed by atoms with van der Waals surface area (Å²) in [5, 5.41) is 5.37. The number of aromatic nitrogens is 1. The molecule has 0 fully saturated rings. The fourth-order valence-corrected chi connectivity index (χ4v) is 2.19. The number of fused-ring (bicyclic) bond motifs is 2. The summed E-state index contributed by atoms with van der Waals surface area (Å²) in [6.07, 6.45) is 1.78. The molecule has 0 bridgehead atoms. The Kier molecular flexibility index (Phi) is 3.92. The summed E-state index contributed by atoms with van der Waals surface area (Å²) in [4.78, 5) is 4.38. The van der Waals surface area contributed by atoms with E-state index < -0.39 is 0 Å². The van der Waals surface area contributed by atoms with Gasteiger partial charge in [0.2, 0.25) is 6.79 Å². The van der Waals surface area contributed by atoms with Gasteiger partial charge in [-0.25, -0.2) is 4.98 Å². The molecule has 21 heavy (non-hydrogen) atoms. The van der Waals surface area contributed by atoms with Crippen molar-refractivity contribution in [2.24, 2.45) is 0 Å². The average Bonchev–Trinajstić information content (AvgIpc) is 2.91. The molecule has 0 aliphatic carbocycles.